The van der Waals surface area contributed by atoms with E-state index in [1.165, 1.54) is 0 Å². The van der Waals surface area contributed by atoms with Gasteiger partial charge in [-0.15, -0.1) is 0 Å². The van der Waals surface area contributed by atoms with Crippen LogP contribution < -0.4 is 18.5 Å². The van der Waals surface area contributed by atoms with Crippen molar-refractivity contribution in [2.75, 3.05) is 0 Å². The molecular formula is C12H12Fe3N15. The normalized spacial score (nSPS) is 0.800. The largest absolute Gasteiger partial charge is 3.00 e. The Bertz CT molecular complexity index is 227. The van der Waals surface area contributed by atoms with Gasteiger partial charge in [-0.1, -0.05) is 0 Å². The van der Waals surface area contributed by atoms with Crippen LogP contribution in [0.15, 0.2) is 0 Å². The minimum atomic E-state index is 0. The summed E-state index contributed by atoms with van der Waals surface area (Å²) in [4.78, 5) is 0. The second-order valence-electron chi connectivity index (χ2n) is 0. The first-order valence-electron chi connectivity index (χ1n) is 2.68. The summed E-state index contributed by atoms with van der Waals surface area (Å²) in [6, 6.07) is 0. The van der Waals surface area contributed by atoms with Crippen LogP contribution in [-0.4, -0.2) is 0 Å². The van der Waals surface area contributed by atoms with E-state index >= 15 is 0 Å². The molecule has 3 radical (unpaired) electrons. The monoisotopic (exact) mass is 534 g/mol. The van der Waals surface area contributed by atoms with Gasteiger partial charge in [0.15, 0.2) is 0 Å². The maximum absolute atomic E-state index is 6.25. The minimum Gasteiger partial charge on any atom is -0.512 e. The van der Waals surface area contributed by atoms with Gasteiger partial charge in [0, 0.05) is 0 Å². The van der Waals surface area contributed by atoms with Gasteiger partial charge in [0.1, 0.15) is 0 Å². The van der Waals surface area contributed by atoms with Crippen LogP contribution in [0.25, 0.3) is 0 Å². The van der Waals surface area contributed by atoms with Crippen molar-refractivity contribution < 1.29 is 51.2 Å². The third-order valence-corrected chi connectivity index (χ3v) is 0. The van der Waals surface area contributed by atoms with Crippen LogP contribution in [0.2, 0.25) is 0 Å². The molecule has 0 aliphatic heterocycles. The summed E-state index contributed by atoms with van der Waals surface area (Å²) in [7, 11) is 0. The van der Waals surface area contributed by atoms with Crippen molar-refractivity contribution in [3.63, 3.8) is 0 Å². The standard InChI is InChI=1S/12CN.3Fe.3H3N/c12*1-2;;;;;;/h;;;;;;;;;;;;;;;3*1H3/q12*-1;3*+3;;;/p+3. The van der Waals surface area contributed by atoms with Gasteiger partial charge in [-0.25, -0.2) is 0 Å². The molecular weight excluding hydrogens is 522 g/mol. The van der Waals surface area contributed by atoms with Gasteiger partial charge >= 0.3 is 51.2 Å². The van der Waals surface area contributed by atoms with E-state index in [9.17, 15) is 0 Å². The molecule has 0 unspecified atom stereocenters. The van der Waals surface area contributed by atoms with Gasteiger partial charge in [0.2, 0.25) is 0 Å². The van der Waals surface area contributed by atoms with E-state index in [-0.39, 0.29) is 69.7 Å². The second-order valence-corrected chi connectivity index (χ2v) is 0. The van der Waals surface area contributed by atoms with Gasteiger partial charge in [0.05, 0.1) is 0 Å². The smallest absolute Gasteiger partial charge is 0.512 e. The number of hydrogen-bond acceptors (Lipinski definition) is 12. The van der Waals surface area contributed by atoms with E-state index in [1.807, 2.05) is 0 Å². The first-order valence-corrected chi connectivity index (χ1v) is 2.68. The van der Waals surface area contributed by atoms with Crippen molar-refractivity contribution in [1.82, 2.24) is 18.5 Å². The molecule has 0 aromatic rings. The maximum Gasteiger partial charge on any atom is 3.00 e. The first-order chi connectivity index (χ1) is 12.0. The summed E-state index contributed by atoms with van der Waals surface area (Å²) in [5, 5.41) is 75.0. The molecule has 0 atom stereocenters. The van der Waals surface area contributed by atoms with Gasteiger partial charge in [-0.3, -0.25) is 0 Å². The Morgan fingerprint density at radius 2 is 0.167 bits per heavy atom. The molecule has 15 nitrogen and oxygen atoms in total. The zero-order valence-electron chi connectivity index (χ0n) is 15.4. The molecule has 12 N–H and O–H groups in total. The molecule has 0 heterocycles. The second kappa shape index (κ2) is 603. The number of quaternary nitrogens is 3. The molecule has 0 aromatic carbocycles. The van der Waals surface area contributed by atoms with Crippen molar-refractivity contribution in [3.8, 4) is 0 Å². The average molecular weight is 534 g/mol. The van der Waals surface area contributed by atoms with Crippen LogP contribution in [0, 0.1) is 142 Å². The summed E-state index contributed by atoms with van der Waals surface area (Å²) in [5.74, 6) is 0. The molecule has 0 amide bonds. The topological polar surface area (TPSA) is 395 Å². The van der Waals surface area contributed by atoms with E-state index in [1.54, 1.807) is 0 Å². The van der Waals surface area contributed by atoms with Gasteiger partial charge in [-0.2, -0.15) is 0 Å². The summed E-state index contributed by atoms with van der Waals surface area (Å²) in [5.41, 5.74) is 0. The van der Waals surface area contributed by atoms with Gasteiger partial charge in [0.25, 0.3) is 0 Å². The van der Waals surface area contributed by atoms with Crippen LogP contribution in [0.5, 0.6) is 0 Å². The van der Waals surface area contributed by atoms with Gasteiger partial charge < -0.3 is 160 Å². The molecule has 0 aliphatic carbocycles. The summed E-state index contributed by atoms with van der Waals surface area (Å²) in [6.45, 7) is 57.0. The Labute approximate surface area is 211 Å². The fourth-order valence-corrected chi connectivity index (χ4v) is 0. The first kappa shape index (κ1) is 280. The van der Waals surface area contributed by atoms with Crippen LogP contribution in [0.4, 0.5) is 0 Å². The molecule has 0 spiro atoms. The third kappa shape index (κ3) is 530. The third-order valence-electron chi connectivity index (χ3n) is 0. The van der Waals surface area contributed by atoms with Crippen molar-refractivity contribution in [2.24, 2.45) is 0 Å². The quantitative estimate of drug-likeness (QED) is 0.297. The molecule has 0 aliphatic rings. The molecule has 159 valence electrons. The molecule has 0 saturated carbocycles. The molecule has 30 heavy (non-hydrogen) atoms. The predicted molar refractivity (Wildman–Crippen MR) is 77.6 cm³/mol. The number of nitrogens with zero attached hydrogens (tertiary/aromatic N) is 12. The molecule has 0 aromatic heterocycles. The van der Waals surface area contributed by atoms with E-state index in [0.29, 0.717) is 0 Å². The van der Waals surface area contributed by atoms with Crippen LogP contribution in [0.1, 0.15) is 0 Å². The van der Waals surface area contributed by atoms with Crippen molar-refractivity contribution in [3.05, 3.63) is 78.9 Å². The van der Waals surface area contributed by atoms with Crippen LogP contribution >= 0.6 is 0 Å². The summed E-state index contributed by atoms with van der Waals surface area (Å²) in [6.07, 6.45) is 0. The van der Waals surface area contributed by atoms with Gasteiger partial charge in [-0.05, 0) is 0 Å². The fraction of sp³-hybridized carbons (Fsp3) is 0. The Balaban J connectivity index is -0.00000000321. The average Bonchev–Trinajstić information content (AvgIpc) is 2.84. The Kier molecular flexibility index (Phi) is 5620. The zero-order valence-corrected chi connectivity index (χ0v) is 18.7. The molecule has 0 rings (SSSR count). The van der Waals surface area contributed by atoms with Crippen molar-refractivity contribution in [1.29, 1.82) is 63.1 Å². The van der Waals surface area contributed by atoms with Crippen LogP contribution in [-0.2, 0) is 51.2 Å². The molecule has 18 heteroatoms. The predicted octanol–water partition coefficient (Wildman–Crippen LogP) is 2.28. The van der Waals surface area contributed by atoms with Crippen molar-refractivity contribution >= 4 is 0 Å². The maximum atomic E-state index is 6.25. The Morgan fingerprint density at radius 3 is 0.167 bits per heavy atom. The minimum absolute atomic E-state index is 0. The van der Waals surface area contributed by atoms with Crippen molar-refractivity contribution in [2.45, 2.75) is 0 Å². The zero-order chi connectivity index (χ0) is 24.0. The van der Waals surface area contributed by atoms with E-state index < -0.39 is 0 Å². The molecule has 0 fully saturated rings. The number of hydrogen-bond donors (Lipinski definition) is 3. The fourth-order valence-electron chi connectivity index (χ4n) is 0. The summed E-state index contributed by atoms with van der Waals surface area (Å²) >= 11 is 0. The SMILES string of the molecule is [C-]#N.[C-]#N.[C-]#N.[C-]#N.[C-]#N.[C-]#N.[C-]#N.[C-]#N.[C-]#N.[C-]#N.[C-]#N.[C-]#N.[Fe+3].[Fe+3].[Fe+3].[NH4+].[NH4+].[NH4+]. The van der Waals surface area contributed by atoms with E-state index in [4.69, 9.17) is 142 Å². The molecule has 0 saturated heterocycles. The van der Waals surface area contributed by atoms with Crippen LogP contribution in [0.3, 0.4) is 0 Å². The van der Waals surface area contributed by atoms with E-state index in [0.717, 1.165) is 0 Å². The Morgan fingerprint density at radius 1 is 0.167 bits per heavy atom. The van der Waals surface area contributed by atoms with E-state index in [2.05, 4.69) is 0 Å². The Hall–Kier alpha value is -4.68. The number of rotatable bonds is 0. The molecule has 0 bridgehead atoms. The summed E-state index contributed by atoms with van der Waals surface area (Å²) < 4.78 is 0.